The number of rotatable bonds is 6. The highest BCUT2D eigenvalue weighted by Crippen LogP contribution is 2.35. The van der Waals surface area contributed by atoms with Crippen molar-refractivity contribution in [1.82, 2.24) is 0 Å². The van der Waals surface area contributed by atoms with E-state index >= 15 is 0 Å². The van der Waals surface area contributed by atoms with E-state index in [1.165, 1.54) is 4.90 Å². The number of anilines is 2. The van der Waals surface area contributed by atoms with Crippen LogP contribution in [0.3, 0.4) is 0 Å². The molecule has 0 unspecified atom stereocenters. The van der Waals surface area contributed by atoms with Crippen molar-refractivity contribution in [3.05, 3.63) is 89.1 Å². The second-order valence-electron chi connectivity index (χ2n) is 7.56. The number of hydrogen-bond acceptors (Lipinski definition) is 5. The highest BCUT2D eigenvalue weighted by Gasteiger charge is 2.40. The summed E-state index contributed by atoms with van der Waals surface area (Å²) in [4.78, 5) is 28.2. The van der Waals surface area contributed by atoms with Crippen LogP contribution in [0.25, 0.3) is 5.57 Å². The molecule has 0 aromatic heterocycles. The second-order valence-corrected chi connectivity index (χ2v) is 7.56. The third-order valence-electron chi connectivity index (χ3n) is 5.51. The van der Waals surface area contributed by atoms with Gasteiger partial charge >= 0.3 is 0 Å². The lowest BCUT2D eigenvalue weighted by atomic mass is 9.99. The standard InChI is InChI=1S/C26H24N2O4/c1-16-10-11-18(12-17(16)2)23-24(27-19-13-21(31-3)15-22(14-19)32-4)26(30)28(25(23)29)20-8-6-5-7-9-20/h5-15,27H,1-4H3. The SMILES string of the molecule is COc1cc(NC2=C(c3ccc(C)c(C)c3)C(=O)N(c3ccccc3)C2=O)cc(OC)c1. The molecule has 1 heterocycles. The summed E-state index contributed by atoms with van der Waals surface area (Å²) in [6.07, 6.45) is 0. The van der Waals surface area contributed by atoms with E-state index in [2.05, 4.69) is 5.32 Å². The molecule has 0 saturated heterocycles. The van der Waals surface area contributed by atoms with Gasteiger partial charge in [0, 0.05) is 23.9 Å². The van der Waals surface area contributed by atoms with Gasteiger partial charge in [0.2, 0.25) is 0 Å². The van der Waals surface area contributed by atoms with Crippen LogP contribution in [0.1, 0.15) is 16.7 Å². The van der Waals surface area contributed by atoms with Gasteiger partial charge in [0.25, 0.3) is 11.8 Å². The molecule has 1 N–H and O–H groups in total. The van der Waals surface area contributed by atoms with Crippen LogP contribution >= 0.6 is 0 Å². The Kier molecular flexibility index (Phi) is 5.69. The maximum absolute atomic E-state index is 13.5. The summed E-state index contributed by atoms with van der Waals surface area (Å²) in [5.41, 5.74) is 4.45. The van der Waals surface area contributed by atoms with Crippen molar-refractivity contribution in [2.75, 3.05) is 24.4 Å². The van der Waals surface area contributed by atoms with Gasteiger partial charge < -0.3 is 14.8 Å². The Hall–Kier alpha value is -4.06. The van der Waals surface area contributed by atoms with E-state index in [4.69, 9.17) is 9.47 Å². The van der Waals surface area contributed by atoms with Crippen LogP contribution < -0.4 is 19.7 Å². The van der Waals surface area contributed by atoms with Gasteiger partial charge in [-0.3, -0.25) is 9.59 Å². The number of nitrogens with one attached hydrogen (secondary N) is 1. The minimum absolute atomic E-state index is 0.206. The lowest BCUT2D eigenvalue weighted by Gasteiger charge is -2.15. The molecule has 1 aliphatic heterocycles. The number of aryl methyl sites for hydroxylation is 2. The Morgan fingerprint density at radius 1 is 0.750 bits per heavy atom. The quantitative estimate of drug-likeness (QED) is 0.576. The fraction of sp³-hybridized carbons (Fsp3) is 0.154. The number of imide groups is 1. The molecule has 0 spiro atoms. The third-order valence-corrected chi connectivity index (χ3v) is 5.51. The highest BCUT2D eigenvalue weighted by molar-refractivity contribution is 6.46. The van der Waals surface area contributed by atoms with E-state index in [1.54, 1.807) is 56.7 Å². The first kappa shape index (κ1) is 21.2. The number of amides is 2. The molecule has 32 heavy (non-hydrogen) atoms. The first-order valence-corrected chi connectivity index (χ1v) is 10.2. The molecule has 3 aromatic carbocycles. The Bertz CT molecular complexity index is 1210. The van der Waals surface area contributed by atoms with Crippen LogP contribution in [-0.2, 0) is 9.59 Å². The highest BCUT2D eigenvalue weighted by atomic mass is 16.5. The molecule has 6 heteroatoms. The molecule has 6 nitrogen and oxygen atoms in total. The fourth-order valence-electron chi connectivity index (χ4n) is 3.65. The molecule has 0 bridgehead atoms. The molecule has 3 aromatic rings. The first-order valence-electron chi connectivity index (χ1n) is 10.2. The average Bonchev–Trinajstić information content (AvgIpc) is 3.05. The zero-order valence-electron chi connectivity index (χ0n) is 18.4. The fourth-order valence-corrected chi connectivity index (χ4v) is 3.65. The van der Waals surface area contributed by atoms with Gasteiger partial charge in [-0.1, -0.05) is 36.4 Å². The maximum atomic E-state index is 13.5. The molecule has 0 radical (unpaired) electrons. The smallest absolute Gasteiger partial charge is 0.282 e. The van der Waals surface area contributed by atoms with Crippen LogP contribution in [0.15, 0.2) is 72.4 Å². The van der Waals surface area contributed by atoms with Gasteiger partial charge in [0.05, 0.1) is 25.5 Å². The van der Waals surface area contributed by atoms with Crippen LogP contribution in [0.5, 0.6) is 11.5 Å². The summed E-state index contributed by atoms with van der Waals surface area (Å²) in [6, 6.07) is 19.9. The second kappa shape index (κ2) is 8.59. The van der Waals surface area contributed by atoms with Crippen molar-refractivity contribution >= 4 is 28.8 Å². The van der Waals surface area contributed by atoms with Gasteiger partial charge in [0.1, 0.15) is 17.2 Å². The van der Waals surface area contributed by atoms with E-state index in [-0.39, 0.29) is 11.6 Å². The molecule has 0 atom stereocenters. The topological polar surface area (TPSA) is 67.9 Å². The van der Waals surface area contributed by atoms with E-state index in [9.17, 15) is 9.59 Å². The van der Waals surface area contributed by atoms with Crippen molar-refractivity contribution in [1.29, 1.82) is 0 Å². The molecule has 4 rings (SSSR count). The lowest BCUT2D eigenvalue weighted by Crippen LogP contribution is -2.32. The van der Waals surface area contributed by atoms with Crippen molar-refractivity contribution < 1.29 is 19.1 Å². The van der Waals surface area contributed by atoms with Gasteiger partial charge in [-0.05, 0) is 42.7 Å². The predicted octanol–water partition coefficient (Wildman–Crippen LogP) is 4.72. The molecular formula is C26H24N2O4. The zero-order valence-corrected chi connectivity index (χ0v) is 18.4. The van der Waals surface area contributed by atoms with Crippen molar-refractivity contribution in [3.63, 3.8) is 0 Å². The number of ether oxygens (including phenoxy) is 2. The molecule has 0 saturated carbocycles. The molecular weight excluding hydrogens is 404 g/mol. The molecule has 0 aliphatic carbocycles. The lowest BCUT2D eigenvalue weighted by molar-refractivity contribution is -0.120. The van der Waals surface area contributed by atoms with Crippen LogP contribution in [0.2, 0.25) is 0 Å². The zero-order chi connectivity index (χ0) is 22.8. The number of carbonyl (C=O) groups is 2. The summed E-state index contributed by atoms with van der Waals surface area (Å²) in [5, 5.41) is 3.16. The number of carbonyl (C=O) groups excluding carboxylic acids is 2. The monoisotopic (exact) mass is 428 g/mol. The van der Waals surface area contributed by atoms with Gasteiger partial charge in [-0.15, -0.1) is 0 Å². The van der Waals surface area contributed by atoms with E-state index < -0.39 is 5.91 Å². The number of benzene rings is 3. The molecule has 162 valence electrons. The van der Waals surface area contributed by atoms with Crippen LogP contribution in [-0.4, -0.2) is 26.0 Å². The van der Waals surface area contributed by atoms with E-state index in [0.29, 0.717) is 34.0 Å². The Balaban J connectivity index is 1.85. The summed E-state index contributed by atoms with van der Waals surface area (Å²) in [6.45, 7) is 3.99. The van der Waals surface area contributed by atoms with Crippen LogP contribution in [0.4, 0.5) is 11.4 Å². The number of methoxy groups -OCH3 is 2. The van der Waals surface area contributed by atoms with Gasteiger partial charge in [0.15, 0.2) is 0 Å². The number of nitrogens with zero attached hydrogens (tertiary/aromatic N) is 1. The van der Waals surface area contributed by atoms with E-state index in [1.807, 2.05) is 38.1 Å². The van der Waals surface area contributed by atoms with Crippen molar-refractivity contribution in [3.8, 4) is 11.5 Å². The summed E-state index contributed by atoms with van der Waals surface area (Å²) >= 11 is 0. The summed E-state index contributed by atoms with van der Waals surface area (Å²) < 4.78 is 10.7. The molecule has 0 fully saturated rings. The van der Waals surface area contributed by atoms with Crippen molar-refractivity contribution in [2.45, 2.75) is 13.8 Å². The molecule has 1 aliphatic rings. The Morgan fingerprint density at radius 2 is 1.41 bits per heavy atom. The van der Waals surface area contributed by atoms with Gasteiger partial charge in [-0.25, -0.2) is 4.90 Å². The third kappa shape index (κ3) is 3.83. The maximum Gasteiger partial charge on any atom is 0.282 e. The Morgan fingerprint density at radius 3 is 2.00 bits per heavy atom. The largest absolute Gasteiger partial charge is 0.497 e. The van der Waals surface area contributed by atoms with Crippen LogP contribution in [0, 0.1) is 13.8 Å². The molecule has 2 amide bonds. The number of para-hydroxylation sites is 1. The summed E-state index contributed by atoms with van der Waals surface area (Å²) in [5.74, 6) is 0.340. The predicted molar refractivity (Wildman–Crippen MR) is 125 cm³/mol. The average molecular weight is 428 g/mol. The summed E-state index contributed by atoms with van der Waals surface area (Å²) in [7, 11) is 3.11. The Labute approximate surface area is 187 Å². The van der Waals surface area contributed by atoms with Crippen molar-refractivity contribution in [2.24, 2.45) is 0 Å². The normalized spacial score (nSPS) is 13.6. The minimum Gasteiger partial charge on any atom is -0.497 e. The van der Waals surface area contributed by atoms with Gasteiger partial charge in [-0.2, -0.15) is 0 Å². The van der Waals surface area contributed by atoms with E-state index in [0.717, 1.165) is 11.1 Å². The number of hydrogen-bond donors (Lipinski definition) is 1. The minimum atomic E-state index is -0.420. The first-order chi connectivity index (χ1) is 15.4.